The van der Waals surface area contributed by atoms with Crippen LogP contribution in [0.1, 0.15) is 31.7 Å². The molecular weight excluding hydrogens is 330 g/mol. The van der Waals surface area contributed by atoms with E-state index in [1.165, 1.54) is 0 Å². The molecule has 5 nitrogen and oxygen atoms in total. The molecular formula is C21H27NO4. The molecule has 0 saturated heterocycles. The Bertz CT molecular complexity index is 705. The summed E-state index contributed by atoms with van der Waals surface area (Å²) in [6, 6.07) is 13.3. The zero-order valence-corrected chi connectivity index (χ0v) is 16.0. The van der Waals surface area contributed by atoms with Gasteiger partial charge in [-0.05, 0) is 11.5 Å². The number of amides is 1. The van der Waals surface area contributed by atoms with E-state index in [4.69, 9.17) is 14.2 Å². The lowest BCUT2D eigenvalue weighted by Crippen LogP contribution is -2.26. The van der Waals surface area contributed by atoms with E-state index in [0.29, 0.717) is 22.9 Å². The maximum atomic E-state index is 13.0. The largest absolute Gasteiger partial charge is 0.493 e. The summed E-state index contributed by atoms with van der Waals surface area (Å²) in [6.45, 7) is 4.18. The van der Waals surface area contributed by atoms with Gasteiger partial charge in [-0.3, -0.25) is 4.79 Å². The Morgan fingerprint density at radius 2 is 1.58 bits per heavy atom. The Morgan fingerprint density at radius 3 is 2.04 bits per heavy atom. The average molecular weight is 357 g/mol. The quantitative estimate of drug-likeness (QED) is 0.757. The number of rotatable bonds is 8. The average Bonchev–Trinajstić information content (AvgIpc) is 2.67. The number of hydrogen-bond acceptors (Lipinski definition) is 4. The molecule has 2 aromatic rings. The molecule has 2 rings (SSSR count). The summed E-state index contributed by atoms with van der Waals surface area (Å²) in [5.74, 6) is 1.41. The highest BCUT2D eigenvalue weighted by molar-refractivity contribution is 5.96. The first-order chi connectivity index (χ1) is 12.5. The van der Waals surface area contributed by atoms with E-state index in [1.807, 2.05) is 30.3 Å². The SMILES string of the molecule is CCC(C)C(C(=O)Nc1cc(OC)c(OC)c(OC)c1)c1ccccc1. The van der Waals surface area contributed by atoms with E-state index < -0.39 is 0 Å². The van der Waals surface area contributed by atoms with Gasteiger partial charge < -0.3 is 19.5 Å². The van der Waals surface area contributed by atoms with E-state index in [9.17, 15) is 4.79 Å². The van der Waals surface area contributed by atoms with Gasteiger partial charge in [0.1, 0.15) is 0 Å². The van der Waals surface area contributed by atoms with Crippen LogP contribution in [-0.4, -0.2) is 27.2 Å². The van der Waals surface area contributed by atoms with Crippen LogP contribution in [0.3, 0.4) is 0 Å². The first kappa shape index (κ1) is 19.6. The normalized spacial score (nSPS) is 12.8. The van der Waals surface area contributed by atoms with E-state index in [2.05, 4.69) is 19.2 Å². The molecule has 0 spiro atoms. The van der Waals surface area contributed by atoms with Gasteiger partial charge >= 0.3 is 0 Å². The highest BCUT2D eigenvalue weighted by Gasteiger charge is 2.26. The molecule has 0 aliphatic rings. The van der Waals surface area contributed by atoms with Gasteiger partial charge in [0.25, 0.3) is 0 Å². The summed E-state index contributed by atoms with van der Waals surface area (Å²) in [5, 5.41) is 3.00. The minimum absolute atomic E-state index is 0.0557. The van der Waals surface area contributed by atoms with E-state index in [0.717, 1.165) is 12.0 Å². The summed E-state index contributed by atoms with van der Waals surface area (Å²) in [4.78, 5) is 13.0. The molecule has 0 saturated carbocycles. The first-order valence-corrected chi connectivity index (χ1v) is 8.71. The van der Waals surface area contributed by atoms with Crippen molar-refractivity contribution in [2.24, 2.45) is 5.92 Å². The Hall–Kier alpha value is -2.69. The fourth-order valence-electron chi connectivity index (χ4n) is 3.01. The predicted octanol–water partition coefficient (Wildman–Crippen LogP) is 4.48. The molecule has 26 heavy (non-hydrogen) atoms. The fourth-order valence-corrected chi connectivity index (χ4v) is 3.01. The molecule has 2 atom stereocenters. The maximum Gasteiger partial charge on any atom is 0.232 e. The van der Waals surface area contributed by atoms with Gasteiger partial charge in [0, 0.05) is 17.8 Å². The van der Waals surface area contributed by atoms with Crippen molar-refractivity contribution in [1.29, 1.82) is 0 Å². The van der Waals surface area contributed by atoms with Crippen molar-refractivity contribution in [3.05, 3.63) is 48.0 Å². The Balaban J connectivity index is 2.34. The van der Waals surface area contributed by atoms with Gasteiger partial charge in [-0.1, -0.05) is 50.6 Å². The van der Waals surface area contributed by atoms with Gasteiger partial charge in [-0.25, -0.2) is 0 Å². The Kier molecular flexibility index (Phi) is 6.89. The summed E-state index contributed by atoms with van der Waals surface area (Å²) in [7, 11) is 4.65. The third-order valence-corrected chi connectivity index (χ3v) is 4.59. The molecule has 5 heteroatoms. The third kappa shape index (κ3) is 4.28. The van der Waals surface area contributed by atoms with Crippen LogP contribution in [0.25, 0.3) is 0 Å². The second kappa shape index (κ2) is 9.13. The molecule has 0 aromatic heterocycles. The summed E-state index contributed by atoms with van der Waals surface area (Å²) in [6.07, 6.45) is 0.905. The summed E-state index contributed by atoms with van der Waals surface area (Å²) < 4.78 is 16.0. The van der Waals surface area contributed by atoms with Gasteiger partial charge in [0.2, 0.25) is 11.7 Å². The van der Waals surface area contributed by atoms with E-state index >= 15 is 0 Å². The molecule has 1 amide bonds. The van der Waals surface area contributed by atoms with Crippen molar-refractivity contribution in [3.63, 3.8) is 0 Å². The topological polar surface area (TPSA) is 56.8 Å². The number of carbonyl (C=O) groups is 1. The van der Waals surface area contributed by atoms with Crippen molar-refractivity contribution >= 4 is 11.6 Å². The monoisotopic (exact) mass is 357 g/mol. The van der Waals surface area contributed by atoms with Crippen LogP contribution < -0.4 is 19.5 Å². The second-order valence-corrected chi connectivity index (χ2v) is 6.18. The number of nitrogens with one attached hydrogen (secondary N) is 1. The zero-order chi connectivity index (χ0) is 19.1. The van der Waals surface area contributed by atoms with Crippen LogP contribution in [0.15, 0.2) is 42.5 Å². The molecule has 0 radical (unpaired) electrons. The number of benzene rings is 2. The smallest absolute Gasteiger partial charge is 0.232 e. The molecule has 0 heterocycles. The Morgan fingerprint density at radius 1 is 1.00 bits per heavy atom. The second-order valence-electron chi connectivity index (χ2n) is 6.18. The van der Waals surface area contributed by atoms with Crippen LogP contribution in [0, 0.1) is 5.92 Å². The lowest BCUT2D eigenvalue weighted by Gasteiger charge is -2.23. The van der Waals surface area contributed by atoms with Crippen molar-refractivity contribution in [1.82, 2.24) is 0 Å². The minimum atomic E-state index is -0.236. The van der Waals surface area contributed by atoms with Gasteiger partial charge in [0.15, 0.2) is 11.5 Å². The molecule has 140 valence electrons. The van der Waals surface area contributed by atoms with Crippen LogP contribution >= 0.6 is 0 Å². The fraction of sp³-hybridized carbons (Fsp3) is 0.381. The molecule has 0 aliphatic carbocycles. The molecule has 0 fully saturated rings. The van der Waals surface area contributed by atoms with Crippen molar-refractivity contribution in [2.75, 3.05) is 26.6 Å². The first-order valence-electron chi connectivity index (χ1n) is 8.71. The summed E-state index contributed by atoms with van der Waals surface area (Å²) in [5.41, 5.74) is 1.61. The minimum Gasteiger partial charge on any atom is -0.493 e. The van der Waals surface area contributed by atoms with Gasteiger partial charge in [0.05, 0.1) is 27.2 Å². The van der Waals surface area contributed by atoms with Crippen LogP contribution in [0.2, 0.25) is 0 Å². The van der Waals surface area contributed by atoms with Crippen molar-refractivity contribution in [2.45, 2.75) is 26.2 Å². The van der Waals surface area contributed by atoms with Gasteiger partial charge in [-0.15, -0.1) is 0 Å². The third-order valence-electron chi connectivity index (χ3n) is 4.59. The number of hydrogen-bond donors (Lipinski definition) is 1. The highest BCUT2D eigenvalue weighted by atomic mass is 16.5. The predicted molar refractivity (Wildman–Crippen MR) is 103 cm³/mol. The number of ether oxygens (including phenoxy) is 3. The zero-order valence-electron chi connectivity index (χ0n) is 16.0. The van der Waals surface area contributed by atoms with E-state index in [-0.39, 0.29) is 17.7 Å². The Labute approximate surface area is 155 Å². The number of anilines is 1. The van der Waals surface area contributed by atoms with Crippen LogP contribution in [0.5, 0.6) is 17.2 Å². The lowest BCUT2D eigenvalue weighted by atomic mass is 9.85. The number of methoxy groups -OCH3 is 3. The highest BCUT2D eigenvalue weighted by Crippen LogP contribution is 2.40. The molecule has 0 aliphatic heterocycles. The lowest BCUT2D eigenvalue weighted by molar-refractivity contribution is -0.118. The van der Waals surface area contributed by atoms with Gasteiger partial charge in [-0.2, -0.15) is 0 Å². The van der Waals surface area contributed by atoms with Crippen molar-refractivity contribution in [3.8, 4) is 17.2 Å². The van der Waals surface area contributed by atoms with Crippen LogP contribution in [-0.2, 0) is 4.79 Å². The molecule has 2 aromatic carbocycles. The summed E-state index contributed by atoms with van der Waals surface area (Å²) >= 11 is 0. The molecule has 1 N–H and O–H groups in total. The molecule has 2 unspecified atom stereocenters. The van der Waals surface area contributed by atoms with Crippen LogP contribution in [0.4, 0.5) is 5.69 Å². The number of carbonyl (C=O) groups excluding carboxylic acids is 1. The molecule has 0 bridgehead atoms. The van der Waals surface area contributed by atoms with E-state index in [1.54, 1.807) is 33.5 Å². The standard InChI is InChI=1S/C21H27NO4/c1-6-14(2)19(15-10-8-7-9-11-15)21(23)22-16-12-17(24-3)20(26-5)18(13-16)25-4/h7-14,19H,6H2,1-5H3,(H,22,23). The van der Waals surface area contributed by atoms with Crippen molar-refractivity contribution < 1.29 is 19.0 Å². The maximum absolute atomic E-state index is 13.0.